The monoisotopic (exact) mass is 481 g/mol. The van der Waals surface area contributed by atoms with Crippen molar-refractivity contribution in [1.82, 2.24) is 34.8 Å². The molecule has 10 nitrogen and oxygen atoms in total. The number of para-hydroxylation sites is 1. The van der Waals surface area contributed by atoms with Crippen molar-refractivity contribution in [3.8, 4) is 11.6 Å². The van der Waals surface area contributed by atoms with Gasteiger partial charge in [-0.25, -0.2) is 38.1 Å². The summed E-state index contributed by atoms with van der Waals surface area (Å²) in [5.41, 5.74) is 0.602. The Balaban J connectivity index is 1.46. The van der Waals surface area contributed by atoms with Crippen LogP contribution < -0.4 is 0 Å². The number of nitrogens with zero attached hydrogens (tertiary/aromatic N) is 6. The van der Waals surface area contributed by atoms with Crippen molar-refractivity contribution in [3.05, 3.63) is 77.7 Å². The quantitative estimate of drug-likeness (QED) is 0.410. The van der Waals surface area contributed by atoms with E-state index in [1.54, 1.807) is 6.07 Å². The fourth-order valence-electron chi connectivity index (χ4n) is 4.09. The lowest BCUT2D eigenvalue weighted by Gasteiger charge is -2.32. The Morgan fingerprint density at radius 1 is 1.17 bits per heavy atom. The van der Waals surface area contributed by atoms with Gasteiger partial charge in [-0.05, 0) is 18.2 Å². The highest BCUT2D eigenvalue weighted by atomic mass is 19.3. The summed E-state index contributed by atoms with van der Waals surface area (Å²) in [6, 6.07) is 4.67. The molecule has 176 valence electrons. The van der Waals surface area contributed by atoms with Crippen molar-refractivity contribution in [2.75, 3.05) is 6.54 Å². The first-order valence-corrected chi connectivity index (χ1v) is 10.4. The number of aromatic nitrogens is 6. The molecule has 1 N–H and O–H groups in total. The van der Waals surface area contributed by atoms with Crippen LogP contribution in [0.1, 0.15) is 46.0 Å². The van der Waals surface area contributed by atoms with Crippen LogP contribution >= 0.6 is 0 Å². The van der Waals surface area contributed by atoms with Crippen LogP contribution in [-0.2, 0) is 6.42 Å². The number of fused-ring (bicyclic) bond motifs is 2. The third-order valence-electron chi connectivity index (χ3n) is 5.66. The van der Waals surface area contributed by atoms with Crippen molar-refractivity contribution in [1.29, 1.82) is 0 Å². The van der Waals surface area contributed by atoms with Gasteiger partial charge in [-0.2, -0.15) is 0 Å². The van der Waals surface area contributed by atoms with Gasteiger partial charge in [-0.1, -0.05) is 6.07 Å². The molecule has 0 fully saturated rings. The first kappa shape index (κ1) is 21.0. The van der Waals surface area contributed by atoms with Crippen molar-refractivity contribution < 1.29 is 26.8 Å². The third kappa shape index (κ3) is 3.43. The predicted octanol–water partition coefficient (Wildman–Crippen LogP) is 3.86. The van der Waals surface area contributed by atoms with E-state index < -0.39 is 35.6 Å². The van der Waals surface area contributed by atoms with Gasteiger partial charge in [0, 0.05) is 24.9 Å². The number of alkyl halides is 2. The van der Waals surface area contributed by atoms with Gasteiger partial charge in [0.1, 0.15) is 17.5 Å². The summed E-state index contributed by atoms with van der Waals surface area (Å²) in [5, 5.41) is 0. The van der Waals surface area contributed by atoms with Crippen LogP contribution in [0.5, 0.6) is 0 Å². The number of aromatic amines is 1. The van der Waals surface area contributed by atoms with Crippen molar-refractivity contribution in [2.45, 2.75) is 18.9 Å². The molecular weight excluding hydrogens is 467 g/mol. The molecule has 1 aliphatic rings. The van der Waals surface area contributed by atoms with E-state index in [2.05, 4.69) is 29.9 Å². The van der Waals surface area contributed by atoms with E-state index in [0.717, 1.165) is 5.69 Å². The van der Waals surface area contributed by atoms with E-state index in [9.17, 15) is 18.0 Å². The topological polar surface area (TPSA) is 127 Å². The highest BCUT2D eigenvalue weighted by Crippen LogP contribution is 2.37. The van der Waals surface area contributed by atoms with E-state index in [0.29, 0.717) is 12.1 Å². The normalized spacial score (nSPS) is 15.7. The lowest BCUT2D eigenvalue weighted by molar-refractivity contribution is 0.0621. The van der Waals surface area contributed by atoms with Crippen molar-refractivity contribution in [2.24, 2.45) is 0 Å². The predicted molar refractivity (Wildman–Crippen MR) is 112 cm³/mol. The van der Waals surface area contributed by atoms with Gasteiger partial charge < -0.3 is 18.7 Å². The summed E-state index contributed by atoms with van der Waals surface area (Å²) >= 11 is 0. The molecule has 0 radical (unpaired) electrons. The Morgan fingerprint density at radius 3 is 2.83 bits per heavy atom. The number of hydrogen-bond donors (Lipinski definition) is 1. The molecule has 1 amide bonds. The van der Waals surface area contributed by atoms with E-state index in [1.165, 1.54) is 42.0 Å². The zero-order valence-corrected chi connectivity index (χ0v) is 17.7. The summed E-state index contributed by atoms with van der Waals surface area (Å²) < 4.78 is 53.2. The van der Waals surface area contributed by atoms with Crippen LogP contribution in [0.2, 0.25) is 0 Å². The molecule has 5 heterocycles. The number of amides is 1. The maximum absolute atomic E-state index is 14.3. The number of rotatable bonds is 4. The van der Waals surface area contributed by atoms with Gasteiger partial charge in [0.05, 0.1) is 12.0 Å². The molecule has 0 saturated heterocycles. The smallest absolute Gasteiger partial charge is 0.292 e. The van der Waals surface area contributed by atoms with Crippen LogP contribution in [0.15, 0.2) is 52.0 Å². The number of hydrogen-bond acceptors (Lipinski definition) is 8. The van der Waals surface area contributed by atoms with Gasteiger partial charge in [-0.15, -0.1) is 0 Å². The minimum Gasteiger partial charge on any atom is -0.435 e. The highest BCUT2D eigenvalue weighted by Gasteiger charge is 2.41. The minimum atomic E-state index is -3.09. The van der Waals surface area contributed by atoms with E-state index in [4.69, 9.17) is 8.83 Å². The van der Waals surface area contributed by atoms with E-state index in [1.807, 2.05) is 0 Å². The summed E-state index contributed by atoms with van der Waals surface area (Å²) in [5.74, 6) is -2.39. The number of carbonyl (C=O) groups is 1. The van der Waals surface area contributed by atoms with Gasteiger partial charge in [0.2, 0.25) is 17.5 Å². The summed E-state index contributed by atoms with van der Waals surface area (Å²) in [4.78, 5) is 38.0. The first-order valence-electron chi connectivity index (χ1n) is 10.4. The highest BCUT2D eigenvalue weighted by molar-refractivity contribution is 5.93. The molecule has 5 aromatic rings. The molecule has 4 aromatic heterocycles. The fourth-order valence-corrected chi connectivity index (χ4v) is 4.09. The third-order valence-corrected chi connectivity index (χ3v) is 5.66. The van der Waals surface area contributed by atoms with Gasteiger partial charge in [0.25, 0.3) is 12.3 Å². The second-order valence-electron chi connectivity index (χ2n) is 7.69. The SMILES string of the molecule is O=C(c1oc(-c2ccncn2)nc1C(F)F)N1CCc2[nH]cnc2[C@H]1c1nc2cccc(F)c2o1. The molecule has 13 heteroatoms. The van der Waals surface area contributed by atoms with Crippen LogP contribution in [0.3, 0.4) is 0 Å². The minimum absolute atomic E-state index is 0.0133. The Hall–Kier alpha value is -4.55. The van der Waals surface area contributed by atoms with Crippen molar-refractivity contribution in [3.63, 3.8) is 0 Å². The Kier molecular flexibility index (Phi) is 4.83. The molecule has 35 heavy (non-hydrogen) atoms. The van der Waals surface area contributed by atoms with Crippen molar-refractivity contribution >= 4 is 17.0 Å². The summed E-state index contributed by atoms with van der Waals surface area (Å²) in [6.45, 7) is 0.103. The van der Waals surface area contributed by atoms with Crippen LogP contribution in [0, 0.1) is 5.82 Å². The zero-order valence-electron chi connectivity index (χ0n) is 17.7. The average molecular weight is 481 g/mol. The maximum atomic E-state index is 14.3. The Morgan fingerprint density at radius 2 is 2.06 bits per heavy atom. The second kappa shape index (κ2) is 8.04. The molecular formula is C22H14F3N7O3. The Bertz CT molecular complexity index is 1550. The number of nitrogens with one attached hydrogen (secondary N) is 1. The molecule has 0 bridgehead atoms. The second-order valence-corrected chi connectivity index (χ2v) is 7.69. The lowest BCUT2D eigenvalue weighted by atomic mass is 10.0. The molecule has 0 saturated carbocycles. The molecule has 6 rings (SSSR count). The largest absolute Gasteiger partial charge is 0.435 e. The first-order chi connectivity index (χ1) is 17.0. The number of benzene rings is 1. The van der Waals surface area contributed by atoms with Gasteiger partial charge in [-0.3, -0.25) is 4.79 Å². The molecule has 1 atom stereocenters. The number of halogens is 3. The molecule has 0 aliphatic carbocycles. The van der Waals surface area contributed by atoms with E-state index >= 15 is 0 Å². The van der Waals surface area contributed by atoms with Crippen LogP contribution in [-0.4, -0.2) is 47.3 Å². The van der Waals surface area contributed by atoms with Crippen LogP contribution in [0.25, 0.3) is 22.7 Å². The number of oxazole rings is 2. The number of H-pyrrole nitrogens is 1. The lowest BCUT2D eigenvalue weighted by Crippen LogP contribution is -2.41. The molecule has 0 unspecified atom stereocenters. The average Bonchev–Trinajstić information content (AvgIpc) is 3.61. The number of carbonyl (C=O) groups excluding carboxylic acids is 1. The number of imidazole rings is 1. The van der Waals surface area contributed by atoms with E-state index in [-0.39, 0.29) is 35.1 Å². The molecule has 1 aromatic carbocycles. The van der Waals surface area contributed by atoms with Crippen LogP contribution in [0.4, 0.5) is 13.2 Å². The summed E-state index contributed by atoms with van der Waals surface area (Å²) in [6.07, 6.45) is 1.32. The Labute approximate surface area is 193 Å². The fraction of sp³-hybridized carbons (Fsp3) is 0.182. The zero-order chi connectivity index (χ0) is 24.1. The summed E-state index contributed by atoms with van der Waals surface area (Å²) in [7, 11) is 0. The molecule has 1 aliphatic heterocycles. The standard InChI is InChI=1S/C22H14F3N7O3/c23-10-2-1-3-12-17(10)34-21(30-12)16-14-11(28-9-29-14)5-7-32(16)22(33)18-15(19(24)25)31-20(35-18)13-4-6-26-8-27-13/h1-4,6,8-9,16,19H,5,7H2,(H,28,29)/t16-/m0/s1. The van der Waals surface area contributed by atoms with Gasteiger partial charge >= 0.3 is 0 Å². The van der Waals surface area contributed by atoms with Gasteiger partial charge in [0.15, 0.2) is 23.1 Å². The maximum Gasteiger partial charge on any atom is 0.292 e. The molecule has 0 spiro atoms.